The third-order valence-corrected chi connectivity index (χ3v) is 7.56. The van der Waals surface area contributed by atoms with Gasteiger partial charge in [-0.25, -0.2) is 9.97 Å². The Morgan fingerprint density at radius 1 is 1.06 bits per heavy atom. The minimum absolute atomic E-state index is 0.0425. The van der Waals surface area contributed by atoms with Crippen LogP contribution in [-0.4, -0.2) is 35.9 Å². The molecule has 1 N–H and O–H groups in total. The first-order valence-electron chi connectivity index (χ1n) is 11.0. The number of nitrogens with zero attached hydrogens (tertiary/aromatic N) is 3. The van der Waals surface area contributed by atoms with Gasteiger partial charge in [0.25, 0.3) is 11.4 Å². The van der Waals surface area contributed by atoms with Crippen molar-refractivity contribution in [2.45, 2.75) is 32.2 Å². The molecule has 0 spiro atoms. The van der Waals surface area contributed by atoms with Crippen molar-refractivity contribution in [2.24, 2.45) is 0 Å². The van der Waals surface area contributed by atoms with Crippen molar-refractivity contribution in [2.75, 3.05) is 31.2 Å². The molecule has 2 aliphatic rings. The molecule has 1 aromatic carbocycles. The molecule has 4 heterocycles. The number of aryl methyl sites for hydroxylation is 1. The highest BCUT2D eigenvalue weighted by molar-refractivity contribution is 7.25. The highest BCUT2D eigenvalue weighted by Gasteiger charge is 2.30. The summed E-state index contributed by atoms with van der Waals surface area (Å²) in [5.74, 6) is 1.22. The molecule has 31 heavy (non-hydrogen) atoms. The van der Waals surface area contributed by atoms with Crippen LogP contribution in [0.1, 0.15) is 29.5 Å². The van der Waals surface area contributed by atoms with E-state index < -0.39 is 0 Å². The van der Waals surface area contributed by atoms with Gasteiger partial charge in [0.1, 0.15) is 23.3 Å². The minimum Gasteiger partial charge on any atom is -0.373 e. The van der Waals surface area contributed by atoms with Crippen LogP contribution in [0.2, 0.25) is 0 Å². The van der Waals surface area contributed by atoms with Crippen molar-refractivity contribution in [3.8, 4) is 0 Å². The molecule has 6 rings (SSSR count). The highest BCUT2D eigenvalue weighted by atomic mass is 32.1. The first kappa shape index (κ1) is 19.0. The summed E-state index contributed by atoms with van der Waals surface area (Å²) >= 11 is 1.55. The molecular formula is C24H25N4O2S+. The first-order chi connectivity index (χ1) is 15.3. The number of ether oxygens (including phenoxy) is 1. The molecule has 158 valence electrons. The maximum absolute atomic E-state index is 13.3. The molecule has 0 atom stereocenters. The normalized spacial score (nSPS) is 16.7. The fourth-order valence-electron chi connectivity index (χ4n) is 4.94. The average Bonchev–Trinajstić information content (AvgIpc) is 3.21. The Bertz CT molecular complexity index is 1320. The third-order valence-electron chi connectivity index (χ3n) is 6.47. The van der Waals surface area contributed by atoms with E-state index >= 15 is 0 Å². The topological polar surface area (TPSA) is 61.5 Å². The number of hydrogen-bond donors (Lipinski definition) is 0. The van der Waals surface area contributed by atoms with Crippen LogP contribution in [0.4, 0.5) is 5.82 Å². The Morgan fingerprint density at radius 3 is 2.65 bits per heavy atom. The van der Waals surface area contributed by atoms with Crippen LogP contribution < -0.4 is 15.4 Å². The van der Waals surface area contributed by atoms with Gasteiger partial charge in [-0.05, 0) is 36.8 Å². The van der Waals surface area contributed by atoms with Gasteiger partial charge in [0.15, 0.2) is 4.83 Å². The van der Waals surface area contributed by atoms with Crippen LogP contribution in [0, 0.1) is 0 Å². The van der Waals surface area contributed by atoms with E-state index in [0.29, 0.717) is 6.54 Å². The van der Waals surface area contributed by atoms with E-state index in [0.717, 1.165) is 65.1 Å². The van der Waals surface area contributed by atoms with Gasteiger partial charge >= 0.3 is 0 Å². The lowest BCUT2D eigenvalue weighted by Gasteiger charge is -2.25. The molecule has 1 aliphatic carbocycles. The number of benzene rings is 1. The maximum Gasteiger partial charge on any atom is 0.279 e. The fourth-order valence-corrected chi connectivity index (χ4v) is 6.07. The predicted molar refractivity (Wildman–Crippen MR) is 123 cm³/mol. The third kappa shape index (κ3) is 3.23. The molecule has 0 bridgehead atoms. The number of thiophene rings is 1. The van der Waals surface area contributed by atoms with E-state index in [9.17, 15) is 4.79 Å². The number of H-pyrrole nitrogens is 1. The summed E-state index contributed by atoms with van der Waals surface area (Å²) in [5.41, 5.74) is 4.81. The lowest BCUT2D eigenvalue weighted by atomic mass is 9.90. The second-order valence-corrected chi connectivity index (χ2v) is 9.41. The van der Waals surface area contributed by atoms with Crippen molar-refractivity contribution in [1.82, 2.24) is 9.55 Å². The number of aromatic amines is 1. The average molecular weight is 434 g/mol. The van der Waals surface area contributed by atoms with Crippen LogP contribution in [-0.2, 0) is 24.1 Å². The summed E-state index contributed by atoms with van der Waals surface area (Å²) in [6, 6.07) is 10.1. The molecule has 4 aromatic rings. The largest absolute Gasteiger partial charge is 0.373 e. The standard InChI is InChI=1S/C24H24N4O2S/c29-24-21-20(25-15-28(24)14-16-6-2-1-3-7-16)19-17-8-4-5-9-18(17)22(26-23(19)31-21)27-10-12-30-13-11-27/h1-3,6-7,15H,4-5,8-14H2/p+1. The van der Waals surface area contributed by atoms with Crippen molar-refractivity contribution in [1.29, 1.82) is 0 Å². The number of anilines is 1. The van der Waals surface area contributed by atoms with Crippen LogP contribution in [0.5, 0.6) is 0 Å². The number of rotatable bonds is 3. The van der Waals surface area contributed by atoms with Crippen molar-refractivity contribution < 1.29 is 9.72 Å². The number of hydrogen-bond acceptors (Lipinski definition) is 5. The van der Waals surface area contributed by atoms with E-state index in [2.05, 4.69) is 9.88 Å². The molecular weight excluding hydrogens is 408 g/mol. The van der Waals surface area contributed by atoms with Crippen LogP contribution >= 0.6 is 11.3 Å². The summed E-state index contributed by atoms with van der Waals surface area (Å²) in [6.07, 6.45) is 6.25. The lowest BCUT2D eigenvalue weighted by molar-refractivity contribution is -0.328. The van der Waals surface area contributed by atoms with Crippen LogP contribution in [0.3, 0.4) is 0 Å². The summed E-state index contributed by atoms with van der Waals surface area (Å²) in [7, 11) is 0. The highest BCUT2D eigenvalue weighted by Crippen LogP contribution is 2.38. The van der Waals surface area contributed by atoms with E-state index in [1.807, 2.05) is 30.3 Å². The summed E-state index contributed by atoms with van der Waals surface area (Å²) in [4.78, 5) is 25.3. The number of fused-ring (bicyclic) bond motifs is 5. The van der Waals surface area contributed by atoms with Crippen molar-refractivity contribution in [3.05, 3.63) is 63.7 Å². The smallest absolute Gasteiger partial charge is 0.279 e. The van der Waals surface area contributed by atoms with E-state index in [1.165, 1.54) is 29.8 Å². The Morgan fingerprint density at radius 2 is 1.84 bits per heavy atom. The van der Waals surface area contributed by atoms with Gasteiger partial charge in [-0.15, -0.1) is 0 Å². The Kier molecular flexibility index (Phi) is 4.73. The molecule has 0 amide bonds. The molecule has 0 radical (unpaired) electrons. The zero-order valence-electron chi connectivity index (χ0n) is 17.4. The SMILES string of the molecule is O=c1c2sc3[nH+]c(N4CCOCC4)c4c(c3c2ncn1Cc1ccccc1)CCCC4. The fraction of sp³-hybridized carbons (Fsp3) is 0.375. The second kappa shape index (κ2) is 7.73. The quantitative estimate of drug-likeness (QED) is 0.498. The van der Waals surface area contributed by atoms with Crippen LogP contribution in [0.25, 0.3) is 20.4 Å². The number of morpholine rings is 1. The van der Waals surface area contributed by atoms with Crippen LogP contribution in [0.15, 0.2) is 41.5 Å². The summed E-state index contributed by atoms with van der Waals surface area (Å²) in [5, 5.41) is 1.16. The maximum atomic E-state index is 13.3. The van der Waals surface area contributed by atoms with Gasteiger partial charge in [0, 0.05) is 5.56 Å². The number of pyridine rings is 1. The summed E-state index contributed by atoms with van der Waals surface area (Å²) < 4.78 is 8.04. The minimum atomic E-state index is 0.0425. The molecule has 7 heteroatoms. The zero-order valence-corrected chi connectivity index (χ0v) is 18.2. The van der Waals surface area contributed by atoms with Gasteiger partial charge in [-0.2, -0.15) is 0 Å². The number of aromatic nitrogens is 3. The Hall–Kier alpha value is -2.77. The molecule has 0 saturated carbocycles. The first-order valence-corrected chi connectivity index (χ1v) is 11.9. The summed E-state index contributed by atoms with van der Waals surface area (Å²) in [6.45, 7) is 3.87. The molecule has 3 aromatic heterocycles. The van der Waals surface area contributed by atoms with Crippen molar-refractivity contribution in [3.63, 3.8) is 0 Å². The van der Waals surface area contributed by atoms with Gasteiger partial charge < -0.3 is 4.74 Å². The molecule has 6 nitrogen and oxygen atoms in total. The van der Waals surface area contributed by atoms with Gasteiger partial charge in [-0.1, -0.05) is 41.7 Å². The zero-order chi connectivity index (χ0) is 20.8. The van der Waals surface area contributed by atoms with Crippen molar-refractivity contribution >= 4 is 37.6 Å². The predicted octanol–water partition coefficient (Wildman–Crippen LogP) is 3.19. The van der Waals surface area contributed by atoms with E-state index in [4.69, 9.17) is 9.72 Å². The van der Waals surface area contributed by atoms with Gasteiger partial charge in [-0.3, -0.25) is 14.3 Å². The van der Waals surface area contributed by atoms with Gasteiger partial charge in [0.2, 0.25) is 0 Å². The van der Waals surface area contributed by atoms with E-state index in [1.54, 1.807) is 22.2 Å². The van der Waals surface area contributed by atoms with E-state index in [-0.39, 0.29) is 5.56 Å². The molecule has 0 unspecified atom stereocenters. The molecule has 1 aliphatic heterocycles. The molecule has 1 saturated heterocycles. The number of nitrogens with one attached hydrogen (secondary N) is 1. The Labute approximate surface area is 184 Å². The second-order valence-electron chi connectivity index (χ2n) is 8.38. The molecule has 1 fully saturated rings. The Balaban J connectivity index is 1.53. The van der Waals surface area contributed by atoms with Gasteiger partial charge in [0.05, 0.1) is 31.5 Å². The lowest BCUT2D eigenvalue weighted by Crippen LogP contribution is -2.40. The monoisotopic (exact) mass is 433 g/mol.